The number of nitrogens with zero attached hydrogens (tertiary/aromatic N) is 3. The van der Waals surface area contributed by atoms with Gasteiger partial charge in [0.2, 0.25) is 0 Å². The number of carbonyl (C=O) groups is 1. The van der Waals surface area contributed by atoms with Crippen molar-refractivity contribution in [2.24, 2.45) is 0 Å². The molecule has 0 unspecified atom stereocenters. The van der Waals surface area contributed by atoms with Gasteiger partial charge in [-0.25, -0.2) is 9.07 Å². The van der Waals surface area contributed by atoms with E-state index in [4.69, 9.17) is 0 Å². The van der Waals surface area contributed by atoms with Crippen LogP contribution in [0.3, 0.4) is 0 Å². The molecule has 0 radical (unpaired) electrons. The van der Waals surface area contributed by atoms with Gasteiger partial charge in [-0.15, -0.1) is 0 Å². The van der Waals surface area contributed by atoms with E-state index in [0.717, 1.165) is 4.68 Å². The van der Waals surface area contributed by atoms with E-state index in [1.54, 1.807) is 6.07 Å². The largest absolute Gasteiger partial charge is 0.504 e. The van der Waals surface area contributed by atoms with Crippen LogP contribution < -0.4 is 0 Å². The lowest BCUT2D eigenvalue weighted by molar-refractivity contribution is 0.00529. The highest BCUT2D eigenvalue weighted by Gasteiger charge is 2.32. The molecular weight excluding hydrogens is 265 g/mol. The number of aliphatic hydroxyl groups excluding tert-OH is 1. The zero-order valence-corrected chi connectivity index (χ0v) is 10.4. The molecular formula is C13H12FN3O3. The van der Waals surface area contributed by atoms with E-state index >= 15 is 0 Å². The van der Waals surface area contributed by atoms with E-state index in [-0.39, 0.29) is 30.2 Å². The summed E-state index contributed by atoms with van der Waals surface area (Å²) in [5.41, 5.74) is -0.00866. The Hall–Kier alpha value is -2.41. The minimum absolute atomic E-state index is 0.144. The van der Waals surface area contributed by atoms with Crippen LogP contribution in [0.15, 0.2) is 30.5 Å². The standard InChI is InChI=1S/C13H12FN3O3/c14-9-3-1-2-4-10(9)17-7-11(19)12(15-17)13(20)16-5-8(18)6-16/h1-4,7-8,18-19H,5-6H2. The van der Waals surface area contributed by atoms with Crippen molar-refractivity contribution in [3.63, 3.8) is 0 Å². The first kappa shape index (κ1) is 12.6. The quantitative estimate of drug-likeness (QED) is 0.839. The molecule has 104 valence electrons. The first-order valence-electron chi connectivity index (χ1n) is 6.07. The number of halogens is 1. The molecule has 0 aliphatic carbocycles. The Labute approximate surface area is 113 Å². The number of rotatable bonds is 2. The maximum absolute atomic E-state index is 13.6. The van der Waals surface area contributed by atoms with Crippen LogP contribution >= 0.6 is 0 Å². The monoisotopic (exact) mass is 277 g/mol. The molecule has 1 fully saturated rings. The maximum Gasteiger partial charge on any atom is 0.278 e. The van der Waals surface area contributed by atoms with Crippen LogP contribution in [-0.4, -0.2) is 50.0 Å². The van der Waals surface area contributed by atoms with E-state index < -0.39 is 17.8 Å². The van der Waals surface area contributed by atoms with Crippen LogP contribution in [0, 0.1) is 5.82 Å². The number of aromatic hydroxyl groups is 1. The number of hydrogen-bond acceptors (Lipinski definition) is 4. The van der Waals surface area contributed by atoms with Crippen LogP contribution in [0.5, 0.6) is 5.75 Å². The van der Waals surface area contributed by atoms with Crippen LogP contribution in [0.25, 0.3) is 5.69 Å². The molecule has 2 heterocycles. The van der Waals surface area contributed by atoms with Gasteiger partial charge in [-0.3, -0.25) is 4.79 Å². The maximum atomic E-state index is 13.6. The number of likely N-dealkylation sites (tertiary alicyclic amines) is 1. The Balaban J connectivity index is 1.92. The molecule has 2 N–H and O–H groups in total. The van der Waals surface area contributed by atoms with Gasteiger partial charge in [-0.05, 0) is 12.1 Å². The number of carbonyl (C=O) groups excluding carboxylic acids is 1. The summed E-state index contributed by atoms with van der Waals surface area (Å²) in [7, 11) is 0. The first-order valence-corrected chi connectivity index (χ1v) is 6.07. The van der Waals surface area contributed by atoms with Gasteiger partial charge < -0.3 is 15.1 Å². The number of aliphatic hydroxyl groups is 1. The molecule has 0 bridgehead atoms. The zero-order valence-electron chi connectivity index (χ0n) is 10.4. The fraction of sp³-hybridized carbons (Fsp3) is 0.231. The van der Waals surface area contributed by atoms with Crippen molar-refractivity contribution in [3.8, 4) is 11.4 Å². The number of benzene rings is 1. The zero-order chi connectivity index (χ0) is 14.3. The summed E-state index contributed by atoms with van der Waals surface area (Å²) >= 11 is 0. The highest BCUT2D eigenvalue weighted by atomic mass is 19.1. The predicted octanol–water partition coefficient (Wildman–Crippen LogP) is 0.534. The molecule has 1 aliphatic heterocycles. The number of aromatic nitrogens is 2. The minimum atomic E-state index is -0.533. The summed E-state index contributed by atoms with van der Waals surface area (Å²) in [6, 6.07) is 5.92. The van der Waals surface area contributed by atoms with Gasteiger partial charge in [0.05, 0.1) is 12.3 Å². The highest BCUT2D eigenvalue weighted by molar-refractivity contribution is 5.95. The van der Waals surface area contributed by atoms with E-state index in [1.165, 1.54) is 29.3 Å². The van der Waals surface area contributed by atoms with E-state index in [9.17, 15) is 19.4 Å². The number of hydrogen-bond donors (Lipinski definition) is 2. The van der Waals surface area contributed by atoms with Gasteiger partial charge in [0, 0.05) is 13.1 Å². The molecule has 0 atom stereocenters. The first-order chi connectivity index (χ1) is 9.56. The number of amides is 1. The third-order valence-electron chi connectivity index (χ3n) is 3.15. The van der Waals surface area contributed by atoms with Crippen LogP contribution in [-0.2, 0) is 0 Å². The molecule has 2 aromatic rings. The molecule has 1 amide bonds. The molecule has 1 saturated heterocycles. The summed E-state index contributed by atoms with van der Waals surface area (Å²) in [5.74, 6) is -1.31. The summed E-state index contributed by atoms with van der Waals surface area (Å²) in [5, 5.41) is 22.9. The van der Waals surface area contributed by atoms with E-state index in [2.05, 4.69) is 5.10 Å². The Morgan fingerprint density at radius 1 is 1.35 bits per heavy atom. The fourth-order valence-corrected chi connectivity index (χ4v) is 2.05. The SMILES string of the molecule is O=C(c1nn(-c2ccccc2F)cc1O)N1CC(O)C1. The van der Waals surface area contributed by atoms with E-state index in [1.807, 2.05) is 0 Å². The average Bonchev–Trinajstić information content (AvgIpc) is 2.77. The molecule has 7 heteroatoms. The normalized spacial score (nSPS) is 15.2. The Morgan fingerprint density at radius 3 is 2.70 bits per heavy atom. The minimum Gasteiger partial charge on any atom is -0.504 e. The van der Waals surface area contributed by atoms with Crippen molar-refractivity contribution >= 4 is 5.91 Å². The topological polar surface area (TPSA) is 78.6 Å². The van der Waals surface area contributed by atoms with Gasteiger partial charge >= 0.3 is 0 Å². The summed E-state index contributed by atoms with van der Waals surface area (Å²) in [6.45, 7) is 0.426. The lowest BCUT2D eigenvalue weighted by Gasteiger charge is -2.35. The summed E-state index contributed by atoms with van der Waals surface area (Å²) in [6.07, 6.45) is 0.650. The van der Waals surface area contributed by atoms with Crippen LogP contribution in [0.2, 0.25) is 0 Å². The molecule has 1 aromatic carbocycles. The van der Waals surface area contributed by atoms with E-state index in [0.29, 0.717) is 0 Å². The Bertz CT molecular complexity index is 665. The summed E-state index contributed by atoms with van der Waals surface area (Å²) < 4.78 is 14.8. The van der Waals surface area contributed by atoms with Gasteiger partial charge in [-0.2, -0.15) is 5.10 Å². The second-order valence-electron chi connectivity index (χ2n) is 4.62. The van der Waals surface area contributed by atoms with Gasteiger partial charge in [0.25, 0.3) is 5.91 Å². The lowest BCUT2D eigenvalue weighted by Crippen LogP contribution is -2.53. The van der Waals surface area contributed by atoms with Crippen molar-refractivity contribution in [2.45, 2.75) is 6.10 Å². The van der Waals surface area contributed by atoms with Gasteiger partial charge in [0.1, 0.15) is 11.5 Å². The van der Waals surface area contributed by atoms with Crippen molar-refractivity contribution in [2.75, 3.05) is 13.1 Å². The van der Waals surface area contributed by atoms with Crippen LogP contribution in [0.1, 0.15) is 10.5 Å². The van der Waals surface area contributed by atoms with Crippen molar-refractivity contribution < 1.29 is 19.4 Å². The lowest BCUT2D eigenvalue weighted by atomic mass is 10.1. The molecule has 1 aromatic heterocycles. The highest BCUT2D eigenvalue weighted by Crippen LogP contribution is 2.22. The second kappa shape index (κ2) is 4.61. The molecule has 0 spiro atoms. The third-order valence-corrected chi connectivity index (χ3v) is 3.15. The van der Waals surface area contributed by atoms with Gasteiger partial charge in [-0.1, -0.05) is 12.1 Å². The van der Waals surface area contributed by atoms with Crippen molar-refractivity contribution in [1.29, 1.82) is 0 Å². The molecule has 20 heavy (non-hydrogen) atoms. The predicted molar refractivity (Wildman–Crippen MR) is 67.1 cm³/mol. The van der Waals surface area contributed by atoms with Crippen molar-refractivity contribution in [1.82, 2.24) is 14.7 Å². The molecule has 0 saturated carbocycles. The Kier molecular flexibility index (Phi) is 2.90. The molecule has 3 rings (SSSR count). The Morgan fingerprint density at radius 2 is 2.05 bits per heavy atom. The van der Waals surface area contributed by atoms with Crippen molar-refractivity contribution in [3.05, 3.63) is 42.0 Å². The summed E-state index contributed by atoms with van der Waals surface area (Å²) in [4.78, 5) is 13.4. The number of para-hydroxylation sites is 1. The average molecular weight is 277 g/mol. The number of β-amino-alcohol motifs (C(OH)–C–C–N with tert-alkyl or cyclic N) is 1. The molecule has 6 nitrogen and oxygen atoms in total. The van der Waals surface area contributed by atoms with Gasteiger partial charge in [0.15, 0.2) is 11.4 Å². The smallest absolute Gasteiger partial charge is 0.278 e. The fourth-order valence-electron chi connectivity index (χ4n) is 2.05. The van der Waals surface area contributed by atoms with Crippen LogP contribution in [0.4, 0.5) is 4.39 Å². The second-order valence-corrected chi connectivity index (χ2v) is 4.62. The third kappa shape index (κ3) is 2.01. The molecule has 1 aliphatic rings.